The Bertz CT molecular complexity index is 1170. The fourth-order valence-electron chi connectivity index (χ4n) is 3.45. The summed E-state index contributed by atoms with van der Waals surface area (Å²) in [5, 5.41) is 10.8. The Morgan fingerprint density at radius 1 is 1.19 bits per heavy atom. The van der Waals surface area contributed by atoms with Gasteiger partial charge in [0.05, 0.1) is 17.4 Å². The van der Waals surface area contributed by atoms with Crippen molar-refractivity contribution < 1.29 is 14.7 Å². The number of carbonyl (C=O) groups is 2. The summed E-state index contributed by atoms with van der Waals surface area (Å²) >= 11 is 0. The number of benzene rings is 1. The minimum absolute atomic E-state index is 0.185. The van der Waals surface area contributed by atoms with Gasteiger partial charge in [-0.1, -0.05) is 5.92 Å². The molecule has 1 aliphatic carbocycles. The number of fused-ring (bicyclic) bond motifs is 1. The summed E-state index contributed by atoms with van der Waals surface area (Å²) in [5.41, 5.74) is -0.391. The van der Waals surface area contributed by atoms with E-state index in [0.717, 1.165) is 4.57 Å². The third kappa shape index (κ3) is 2.79. The number of aliphatic hydroxyl groups excluding tert-OH is 1. The van der Waals surface area contributed by atoms with Gasteiger partial charge in [0.1, 0.15) is 11.3 Å². The van der Waals surface area contributed by atoms with Gasteiger partial charge in [-0.3, -0.25) is 19.0 Å². The van der Waals surface area contributed by atoms with Gasteiger partial charge in [0.15, 0.2) is 11.6 Å². The van der Waals surface area contributed by atoms with E-state index >= 15 is 0 Å². The standard InChI is InChI=1S/C20H18N2O5/c1-4-10-22-19(26)16-11(2)12(8-9-13(16)21(3)20(22)27)18(25)17-14(23)6-5-7-15(17)24/h1,8-9,25H,5-7,10H2,2-3H3. The Kier molecular flexibility index (Phi) is 4.58. The predicted molar refractivity (Wildman–Crippen MR) is 100 cm³/mol. The SMILES string of the molecule is C#CCn1c(=O)c2c(C)c(C(O)=C3C(=O)CCCC3=O)ccc2n(C)c1=O. The summed E-state index contributed by atoms with van der Waals surface area (Å²) < 4.78 is 2.23. The molecule has 1 aromatic heterocycles. The van der Waals surface area contributed by atoms with Crippen LogP contribution in [-0.4, -0.2) is 25.8 Å². The molecule has 1 N–H and O–H groups in total. The Labute approximate surface area is 154 Å². The number of terminal acetylenes is 1. The molecule has 3 rings (SSSR count). The second-order valence-electron chi connectivity index (χ2n) is 6.49. The highest BCUT2D eigenvalue weighted by atomic mass is 16.3. The first-order valence-corrected chi connectivity index (χ1v) is 8.46. The third-order valence-corrected chi connectivity index (χ3v) is 4.89. The first-order chi connectivity index (χ1) is 12.8. The maximum Gasteiger partial charge on any atom is 0.332 e. The van der Waals surface area contributed by atoms with E-state index < -0.39 is 28.6 Å². The highest BCUT2D eigenvalue weighted by Crippen LogP contribution is 2.28. The molecule has 0 spiro atoms. The molecule has 0 bridgehead atoms. The summed E-state index contributed by atoms with van der Waals surface area (Å²) in [6.45, 7) is 1.41. The average molecular weight is 366 g/mol. The van der Waals surface area contributed by atoms with Crippen molar-refractivity contribution in [2.75, 3.05) is 0 Å². The van der Waals surface area contributed by atoms with E-state index in [2.05, 4.69) is 5.92 Å². The molecule has 27 heavy (non-hydrogen) atoms. The molecule has 1 aliphatic rings. The monoisotopic (exact) mass is 366 g/mol. The molecule has 0 aliphatic heterocycles. The molecule has 138 valence electrons. The molecule has 2 aromatic rings. The first kappa shape index (κ1) is 18.4. The maximum absolute atomic E-state index is 12.8. The van der Waals surface area contributed by atoms with Gasteiger partial charge in [-0.15, -0.1) is 6.42 Å². The predicted octanol–water partition coefficient (Wildman–Crippen LogP) is 1.23. The van der Waals surface area contributed by atoms with Crippen molar-refractivity contribution in [2.45, 2.75) is 32.7 Å². The van der Waals surface area contributed by atoms with Crippen LogP contribution in [0.5, 0.6) is 0 Å². The van der Waals surface area contributed by atoms with E-state index in [1.165, 1.54) is 23.7 Å². The lowest BCUT2D eigenvalue weighted by molar-refractivity contribution is -0.123. The summed E-state index contributed by atoms with van der Waals surface area (Å²) in [6, 6.07) is 3.01. The molecular weight excluding hydrogens is 348 g/mol. The Morgan fingerprint density at radius 3 is 2.41 bits per heavy atom. The van der Waals surface area contributed by atoms with Gasteiger partial charge in [0.25, 0.3) is 5.56 Å². The van der Waals surface area contributed by atoms with Crippen LogP contribution >= 0.6 is 0 Å². The highest BCUT2D eigenvalue weighted by molar-refractivity contribution is 6.25. The zero-order valence-corrected chi connectivity index (χ0v) is 15.0. The van der Waals surface area contributed by atoms with Gasteiger partial charge < -0.3 is 5.11 Å². The Morgan fingerprint density at radius 2 is 1.81 bits per heavy atom. The molecule has 1 heterocycles. The lowest BCUT2D eigenvalue weighted by atomic mass is 9.88. The number of allylic oxidation sites excluding steroid dienone is 1. The topological polar surface area (TPSA) is 98.4 Å². The van der Waals surface area contributed by atoms with Crippen molar-refractivity contribution in [1.82, 2.24) is 9.13 Å². The Hall–Kier alpha value is -3.40. The number of rotatable bonds is 2. The van der Waals surface area contributed by atoms with E-state index in [9.17, 15) is 24.3 Å². The van der Waals surface area contributed by atoms with Gasteiger partial charge >= 0.3 is 5.69 Å². The van der Waals surface area contributed by atoms with Crippen LogP contribution in [0.2, 0.25) is 0 Å². The minimum atomic E-state index is -0.579. The molecule has 0 unspecified atom stereocenters. The molecule has 0 radical (unpaired) electrons. The largest absolute Gasteiger partial charge is 0.506 e. The van der Waals surface area contributed by atoms with Crippen LogP contribution in [0.15, 0.2) is 27.3 Å². The average Bonchev–Trinajstić information content (AvgIpc) is 2.62. The van der Waals surface area contributed by atoms with Gasteiger partial charge in [0, 0.05) is 25.5 Å². The van der Waals surface area contributed by atoms with E-state index in [1.807, 2.05) is 0 Å². The van der Waals surface area contributed by atoms with Crippen molar-refractivity contribution in [3.05, 3.63) is 49.7 Å². The van der Waals surface area contributed by atoms with E-state index in [0.29, 0.717) is 17.5 Å². The van der Waals surface area contributed by atoms with Crippen LogP contribution in [-0.2, 0) is 23.2 Å². The fraction of sp³-hybridized carbons (Fsp3) is 0.300. The van der Waals surface area contributed by atoms with Crippen LogP contribution in [0.3, 0.4) is 0 Å². The van der Waals surface area contributed by atoms with E-state index in [-0.39, 0.29) is 35.9 Å². The van der Waals surface area contributed by atoms with E-state index in [4.69, 9.17) is 6.42 Å². The lowest BCUT2D eigenvalue weighted by Crippen LogP contribution is -2.39. The van der Waals surface area contributed by atoms with Crippen LogP contribution in [0.25, 0.3) is 16.7 Å². The number of aliphatic hydroxyl groups is 1. The molecule has 7 heteroatoms. The first-order valence-electron chi connectivity index (χ1n) is 8.46. The molecule has 1 saturated carbocycles. The quantitative estimate of drug-likeness (QED) is 0.373. The van der Waals surface area contributed by atoms with Crippen LogP contribution in [0.1, 0.15) is 30.4 Å². The zero-order valence-electron chi connectivity index (χ0n) is 15.0. The van der Waals surface area contributed by atoms with Crippen molar-refractivity contribution >= 4 is 28.2 Å². The van der Waals surface area contributed by atoms with Crippen LogP contribution < -0.4 is 11.2 Å². The molecule has 0 saturated heterocycles. The number of aryl methyl sites for hydroxylation is 2. The van der Waals surface area contributed by atoms with Crippen LogP contribution in [0.4, 0.5) is 0 Å². The van der Waals surface area contributed by atoms with Gasteiger partial charge in [-0.05, 0) is 31.0 Å². The van der Waals surface area contributed by atoms with Crippen molar-refractivity contribution in [2.24, 2.45) is 7.05 Å². The molecule has 0 atom stereocenters. The second kappa shape index (κ2) is 6.72. The number of nitrogens with zero attached hydrogens (tertiary/aromatic N) is 2. The number of Topliss-reactive ketones (excluding diaryl/α,β-unsaturated/α-hetero) is 2. The van der Waals surface area contributed by atoms with Crippen molar-refractivity contribution in [3.8, 4) is 12.3 Å². The fourth-order valence-corrected chi connectivity index (χ4v) is 3.45. The van der Waals surface area contributed by atoms with E-state index in [1.54, 1.807) is 6.92 Å². The molecular formula is C20H18N2O5. The number of aromatic nitrogens is 2. The summed E-state index contributed by atoms with van der Waals surface area (Å²) in [5.74, 6) is 1.03. The number of ketones is 2. The van der Waals surface area contributed by atoms with Gasteiger partial charge in [-0.25, -0.2) is 9.36 Å². The van der Waals surface area contributed by atoms with Crippen molar-refractivity contribution in [3.63, 3.8) is 0 Å². The number of hydrogen-bond donors (Lipinski definition) is 1. The number of carbonyl (C=O) groups excluding carboxylic acids is 2. The van der Waals surface area contributed by atoms with Gasteiger partial charge in [0.2, 0.25) is 0 Å². The minimum Gasteiger partial charge on any atom is -0.506 e. The second-order valence-corrected chi connectivity index (χ2v) is 6.49. The smallest absolute Gasteiger partial charge is 0.332 e. The molecule has 1 aromatic carbocycles. The lowest BCUT2D eigenvalue weighted by Gasteiger charge is -2.17. The molecule has 7 nitrogen and oxygen atoms in total. The zero-order chi connectivity index (χ0) is 19.9. The summed E-state index contributed by atoms with van der Waals surface area (Å²) in [7, 11) is 1.52. The molecule has 0 amide bonds. The highest BCUT2D eigenvalue weighted by Gasteiger charge is 2.28. The number of hydrogen-bond acceptors (Lipinski definition) is 5. The van der Waals surface area contributed by atoms with Crippen LogP contribution in [0, 0.1) is 19.3 Å². The molecule has 1 fully saturated rings. The maximum atomic E-state index is 12.8. The Balaban J connectivity index is 2.38. The summed E-state index contributed by atoms with van der Waals surface area (Å²) in [6.07, 6.45) is 6.11. The van der Waals surface area contributed by atoms with Gasteiger partial charge in [-0.2, -0.15) is 0 Å². The summed E-state index contributed by atoms with van der Waals surface area (Å²) in [4.78, 5) is 49.4. The van der Waals surface area contributed by atoms with Crippen molar-refractivity contribution in [1.29, 1.82) is 0 Å². The third-order valence-electron chi connectivity index (χ3n) is 4.89. The normalized spacial score (nSPS) is 14.5.